The zero-order chi connectivity index (χ0) is 15.4. The molecule has 1 aromatic carbocycles. The number of benzene rings is 1. The van der Waals surface area contributed by atoms with E-state index in [9.17, 15) is 4.79 Å². The normalized spacial score (nSPS) is 17.5. The Hall–Kier alpha value is -1.92. The highest BCUT2D eigenvalue weighted by Crippen LogP contribution is 2.15. The second-order valence-electron chi connectivity index (χ2n) is 5.33. The van der Waals surface area contributed by atoms with Gasteiger partial charge >= 0.3 is 0 Å². The molecule has 1 aliphatic heterocycles. The van der Waals surface area contributed by atoms with Gasteiger partial charge in [-0.15, -0.1) is 0 Å². The van der Waals surface area contributed by atoms with Gasteiger partial charge in [0.25, 0.3) is 5.91 Å². The maximum Gasteiger partial charge on any atom is 0.269 e. The van der Waals surface area contributed by atoms with Crippen molar-refractivity contribution in [3.05, 3.63) is 47.0 Å². The molecule has 0 saturated carbocycles. The smallest absolute Gasteiger partial charge is 0.269 e. The third-order valence-electron chi connectivity index (χ3n) is 3.80. The zero-order valence-corrected chi connectivity index (χ0v) is 13.1. The van der Waals surface area contributed by atoms with Gasteiger partial charge in [0.2, 0.25) is 0 Å². The van der Waals surface area contributed by atoms with Crippen molar-refractivity contribution in [3.63, 3.8) is 0 Å². The van der Waals surface area contributed by atoms with Gasteiger partial charge in [-0.3, -0.25) is 9.36 Å². The fourth-order valence-electron chi connectivity index (χ4n) is 2.68. The molecule has 1 saturated heterocycles. The van der Waals surface area contributed by atoms with Crippen LogP contribution in [0.25, 0.3) is 5.69 Å². The Morgan fingerprint density at radius 2 is 2.23 bits per heavy atom. The monoisotopic (exact) mass is 317 g/mol. The molecule has 116 valence electrons. The highest BCUT2D eigenvalue weighted by atomic mass is 32.1. The summed E-state index contributed by atoms with van der Waals surface area (Å²) in [4.78, 5) is 15.3. The molecule has 2 N–H and O–H groups in total. The molecular weight excluding hydrogens is 298 g/mol. The molecule has 1 aliphatic rings. The van der Waals surface area contributed by atoms with Gasteiger partial charge in [-0.25, -0.2) is 0 Å². The summed E-state index contributed by atoms with van der Waals surface area (Å²) in [6.45, 7) is 1.44. The molecule has 22 heavy (non-hydrogen) atoms. The van der Waals surface area contributed by atoms with Crippen LogP contribution in [-0.4, -0.2) is 34.7 Å². The average Bonchev–Trinajstić information content (AvgIpc) is 3.17. The number of aromatic amines is 1. The van der Waals surface area contributed by atoms with E-state index in [1.807, 2.05) is 30.3 Å². The minimum atomic E-state index is -0.130. The Balaban J connectivity index is 1.69. The molecule has 0 bridgehead atoms. The van der Waals surface area contributed by atoms with Crippen LogP contribution in [0.5, 0.6) is 0 Å². The number of hydrogen-bond donors (Lipinski definition) is 2. The van der Waals surface area contributed by atoms with Crippen LogP contribution in [0, 0.1) is 4.77 Å². The first-order valence-electron chi connectivity index (χ1n) is 7.51. The lowest BCUT2D eigenvalue weighted by molar-refractivity contribution is 0.0901. The molecule has 2 aromatic rings. The van der Waals surface area contributed by atoms with Crippen LogP contribution < -0.4 is 5.32 Å². The number of H-pyrrole nitrogens is 1. The minimum Gasteiger partial charge on any atom is -0.378 e. The molecule has 1 amide bonds. The van der Waals surface area contributed by atoms with Gasteiger partial charge in [0, 0.05) is 25.0 Å². The van der Waals surface area contributed by atoms with Crippen molar-refractivity contribution in [1.82, 2.24) is 14.9 Å². The molecule has 1 fully saturated rings. The molecule has 0 radical (unpaired) electrons. The van der Waals surface area contributed by atoms with Crippen molar-refractivity contribution in [2.24, 2.45) is 0 Å². The van der Waals surface area contributed by atoms with E-state index in [-0.39, 0.29) is 12.0 Å². The van der Waals surface area contributed by atoms with E-state index in [4.69, 9.17) is 17.0 Å². The largest absolute Gasteiger partial charge is 0.378 e. The summed E-state index contributed by atoms with van der Waals surface area (Å²) in [5, 5.41) is 2.94. The summed E-state index contributed by atoms with van der Waals surface area (Å²) in [6, 6.07) is 9.62. The quantitative estimate of drug-likeness (QED) is 0.834. The van der Waals surface area contributed by atoms with Crippen LogP contribution in [0.15, 0.2) is 36.5 Å². The van der Waals surface area contributed by atoms with Crippen molar-refractivity contribution in [2.45, 2.75) is 25.4 Å². The Morgan fingerprint density at radius 3 is 2.95 bits per heavy atom. The predicted molar refractivity (Wildman–Crippen MR) is 86.9 cm³/mol. The van der Waals surface area contributed by atoms with Gasteiger partial charge in [-0.2, -0.15) is 0 Å². The molecule has 5 nitrogen and oxygen atoms in total. The summed E-state index contributed by atoms with van der Waals surface area (Å²) < 4.78 is 7.81. The number of rotatable bonds is 5. The van der Waals surface area contributed by atoms with E-state index in [2.05, 4.69) is 10.3 Å². The van der Waals surface area contributed by atoms with E-state index in [0.717, 1.165) is 31.6 Å². The second-order valence-corrected chi connectivity index (χ2v) is 5.72. The van der Waals surface area contributed by atoms with E-state index in [0.29, 0.717) is 17.0 Å². The molecule has 3 rings (SSSR count). The van der Waals surface area contributed by atoms with Crippen molar-refractivity contribution in [3.8, 4) is 5.69 Å². The van der Waals surface area contributed by atoms with Crippen molar-refractivity contribution in [1.29, 1.82) is 0 Å². The van der Waals surface area contributed by atoms with E-state index >= 15 is 0 Å². The molecule has 1 unspecified atom stereocenters. The molecule has 2 heterocycles. The van der Waals surface area contributed by atoms with Gasteiger partial charge in [-0.1, -0.05) is 18.2 Å². The van der Waals surface area contributed by atoms with Gasteiger partial charge < -0.3 is 15.0 Å². The van der Waals surface area contributed by atoms with Crippen LogP contribution in [0.3, 0.4) is 0 Å². The second kappa shape index (κ2) is 6.89. The zero-order valence-electron chi connectivity index (χ0n) is 12.2. The van der Waals surface area contributed by atoms with E-state index in [1.54, 1.807) is 10.8 Å². The summed E-state index contributed by atoms with van der Waals surface area (Å²) in [5.41, 5.74) is 1.39. The Labute approximate surface area is 134 Å². The van der Waals surface area contributed by atoms with Crippen molar-refractivity contribution in [2.75, 3.05) is 13.2 Å². The van der Waals surface area contributed by atoms with Gasteiger partial charge in [0.05, 0.1) is 6.10 Å². The first-order valence-corrected chi connectivity index (χ1v) is 7.92. The Bertz CT molecular complexity index is 687. The number of aromatic nitrogens is 2. The Kier molecular flexibility index (Phi) is 4.70. The molecule has 0 aliphatic carbocycles. The standard InChI is InChI=1S/C16H19N3O2S/c20-15(17-9-8-13-7-4-10-21-13)14-11-18-16(22)19(14)12-5-2-1-3-6-12/h1-3,5-6,11,13H,4,7-10H2,(H,17,20)(H,18,22). The molecule has 0 spiro atoms. The van der Waals surface area contributed by atoms with Crippen molar-refractivity contribution >= 4 is 18.1 Å². The SMILES string of the molecule is O=C(NCCC1CCCO1)c1c[nH]c(=S)n1-c1ccccc1. The molecule has 1 aromatic heterocycles. The summed E-state index contributed by atoms with van der Waals surface area (Å²) in [6.07, 6.45) is 4.98. The highest BCUT2D eigenvalue weighted by Gasteiger charge is 2.17. The third-order valence-corrected chi connectivity index (χ3v) is 4.10. The maximum atomic E-state index is 12.4. The van der Waals surface area contributed by atoms with Gasteiger partial charge in [0.15, 0.2) is 4.77 Å². The van der Waals surface area contributed by atoms with Crippen LogP contribution in [0.1, 0.15) is 29.8 Å². The lowest BCUT2D eigenvalue weighted by Crippen LogP contribution is -2.28. The summed E-state index contributed by atoms with van der Waals surface area (Å²) in [7, 11) is 0. The molecular formula is C16H19N3O2S. The van der Waals surface area contributed by atoms with Crippen LogP contribution in [-0.2, 0) is 4.74 Å². The fraction of sp³-hybridized carbons (Fsp3) is 0.375. The summed E-state index contributed by atoms with van der Waals surface area (Å²) >= 11 is 5.28. The molecule has 1 atom stereocenters. The van der Waals surface area contributed by atoms with Gasteiger partial charge in [-0.05, 0) is 43.6 Å². The lowest BCUT2D eigenvalue weighted by Gasteiger charge is -2.11. The number of amides is 1. The first kappa shape index (κ1) is 15.0. The first-order chi connectivity index (χ1) is 10.8. The summed E-state index contributed by atoms with van der Waals surface area (Å²) in [5.74, 6) is -0.130. The fourth-order valence-corrected chi connectivity index (χ4v) is 2.94. The number of imidazole rings is 1. The number of carbonyl (C=O) groups is 1. The number of ether oxygens (including phenoxy) is 1. The van der Waals surface area contributed by atoms with Crippen molar-refractivity contribution < 1.29 is 9.53 Å². The molecule has 6 heteroatoms. The number of para-hydroxylation sites is 1. The number of carbonyl (C=O) groups excluding carboxylic acids is 1. The average molecular weight is 317 g/mol. The number of nitrogens with one attached hydrogen (secondary N) is 2. The minimum absolute atomic E-state index is 0.130. The van der Waals surface area contributed by atoms with Crippen LogP contribution >= 0.6 is 12.2 Å². The highest BCUT2D eigenvalue weighted by molar-refractivity contribution is 7.71. The third kappa shape index (κ3) is 3.28. The Morgan fingerprint density at radius 1 is 1.41 bits per heavy atom. The van der Waals surface area contributed by atoms with Crippen LogP contribution in [0.2, 0.25) is 0 Å². The number of nitrogens with zero attached hydrogens (tertiary/aromatic N) is 1. The number of hydrogen-bond acceptors (Lipinski definition) is 3. The van der Waals surface area contributed by atoms with Gasteiger partial charge in [0.1, 0.15) is 5.69 Å². The predicted octanol–water partition coefficient (Wildman–Crippen LogP) is 2.83. The maximum absolute atomic E-state index is 12.4. The van der Waals surface area contributed by atoms with E-state index < -0.39 is 0 Å². The van der Waals surface area contributed by atoms with Crippen LogP contribution in [0.4, 0.5) is 0 Å². The van der Waals surface area contributed by atoms with E-state index in [1.165, 1.54) is 0 Å². The topological polar surface area (TPSA) is 59.0 Å². The lowest BCUT2D eigenvalue weighted by atomic mass is 10.2.